The summed E-state index contributed by atoms with van der Waals surface area (Å²) >= 11 is 0. The van der Waals surface area contributed by atoms with Crippen molar-refractivity contribution >= 4 is 5.91 Å². The number of hydrogen-bond acceptors (Lipinski definition) is 4. The second-order valence-corrected chi connectivity index (χ2v) is 5.22. The molecule has 2 aromatic rings. The fourth-order valence-corrected chi connectivity index (χ4v) is 2.41. The third-order valence-electron chi connectivity index (χ3n) is 3.55. The van der Waals surface area contributed by atoms with Crippen LogP contribution in [0.5, 0.6) is 11.5 Å². The highest BCUT2D eigenvalue weighted by Crippen LogP contribution is 2.30. The van der Waals surface area contributed by atoms with Crippen molar-refractivity contribution in [1.29, 1.82) is 0 Å². The number of carbonyl (C=O) groups is 1. The first kappa shape index (κ1) is 14.4. The lowest BCUT2D eigenvalue weighted by atomic mass is 10.1. The molecule has 3 rings (SSSR count). The van der Waals surface area contributed by atoms with Crippen LogP contribution in [0.25, 0.3) is 0 Å². The van der Waals surface area contributed by atoms with Crippen molar-refractivity contribution in [3.05, 3.63) is 53.9 Å². The minimum absolute atomic E-state index is 0.0269. The van der Waals surface area contributed by atoms with Crippen molar-refractivity contribution in [3.8, 4) is 11.5 Å². The van der Waals surface area contributed by atoms with Gasteiger partial charge in [-0.25, -0.2) is 0 Å². The van der Waals surface area contributed by atoms with E-state index in [0.29, 0.717) is 25.4 Å². The molecule has 0 aliphatic carbocycles. The highest BCUT2D eigenvalue weighted by atomic mass is 16.6. The SMILES string of the molecule is CC(NC(=O)Cc1ccc2c(c1)OCCO2)c1ccncc1. The Labute approximate surface area is 129 Å². The standard InChI is InChI=1S/C17H18N2O3/c1-12(14-4-6-18-7-5-14)19-17(20)11-13-2-3-15-16(10-13)22-9-8-21-15/h2-7,10,12H,8-9,11H2,1H3,(H,19,20). The molecule has 0 radical (unpaired) electrons. The van der Waals surface area contributed by atoms with Gasteiger partial charge in [0.25, 0.3) is 0 Å². The van der Waals surface area contributed by atoms with Gasteiger partial charge in [0, 0.05) is 12.4 Å². The fraction of sp³-hybridized carbons (Fsp3) is 0.294. The van der Waals surface area contributed by atoms with Gasteiger partial charge in [-0.15, -0.1) is 0 Å². The number of aromatic nitrogens is 1. The largest absolute Gasteiger partial charge is 0.486 e. The maximum Gasteiger partial charge on any atom is 0.224 e. The van der Waals surface area contributed by atoms with E-state index < -0.39 is 0 Å². The maximum atomic E-state index is 12.2. The third-order valence-corrected chi connectivity index (χ3v) is 3.55. The quantitative estimate of drug-likeness (QED) is 0.940. The van der Waals surface area contributed by atoms with Crippen LogP contribution in [-0.4, -0.2) is 24.1 Å². The molecule has 1 aliphatic heterocycles. The number of ether oxygens (including phenoxy) is 2. The monoisotopic (exact) mass is 298 g/mol. The van der Waals surface area contributed by atoms with Crippen LogP contribution in [0.2, 0.25) is 0 Å². The second kappa shape index (κ2) is 6.47. The number of nitrogens with one attached hydrogen (secondary N) is 1. The zero-order valence-corrected chi connectivity index (χ0v) is 12.4. The Bertz CT molecular complexity index is 658. The molecular formula is C17H18N2O3. The van der Waals surface area contributed by atoms with Crippen molar-refractivity contribution in [1.82, 2.24) is 10.3 Å². The molecule has 1 amide bonds. The van der Waals surface area contributed by atoms with E-state index in [9.17, 15) is 4.79 Å². The van der Waals surface area contributed by atoms with Crippen LogP contribution in [0.15, 0.2) is 42.7 Å². The topological polar surface area (TPSA) is 60.5 Å². The van der Waals surface area contributed by atoms with E-state index in [1.54, 1.807) is 12.4 Å². The van der Waals surface area contributed by atoms with Crippen LogP contribution in [0, 0.1) is 0 Å². The zero-order valence-electron chi connectivity index (χ0n) is 12.4. The molecule has 114 valence electrons. The van der Waals surface area contributed by atoms with Gasteiger partial charge in [-0.05, 0) is 42.3 Å². The molecule has 2 heterocycles. The summed E-state index contributed by atoms with van der Waals surface area (Å²) in [5, 5.41) is 2.99. The maximum absolute atomic E-state index is 12.2. The molecule has 0 saturated carbocycles. The molecular weight excluding hydrogens is 280 g/mol. The fourth-order valence-electron chi connectivity index (χ4n) is 2.41. The van der Waals surface area contributed by atoms with E-state index in [1.807, 2.05) is 37.3 Å². The molecule has 1 unspecified atom stereocenters. The number of pyridine rings is 1. The minimum Gasteiger partial charge on any atom is -0.486 e. The predicted molar refractivity (Wildman–Crippen MR) is 81.9 cm³/mol. The molecule has 0 fully saturated rings. The summed E-state index contributed by atoms with van der Waals surface area (Å²) in [5.41, 5.74) is 1.94. The van der Waals surface area contributed by atoms with Crippen LogP contribution in [0.3, 0.4) is 0 Å². The second-order valence-electron chi connectivity index (χ2n) is 5.22. The van der Waals surface area contributed by atoms with Crippen molar-refractivity contribution in [3.63, 3.8) is 0 Å². The Balaban J connectivity index is 1.62. The first-order valence-electron chi connectivity index (χ1n) is 7.30. The van der Waals surface area contributed by atoms with Crippen molar-refractivity contribution in [2.45, 2.75) is 19.4 Å². The van der Waals surface area contributed by atoms with Crippen molar-refractivity contribution < 1.29 is 14.3 Å². The first-order valence-corrected chi connectivity index (χ1v) is 7.30. The molecule has 0 spiro atoms. The van der Waals surface area contributed by atoms with Gasteiger partial charge in [0.2, 0.25) is 5.91 Å². The van der Waals surface area contributed by atoms with Crippen LogP contribution in [0.1, 0.15) is 24.1 Å². The smallest absolute Gasteiger partial charge is 0.224 e. The zero-order chi connectivity index (χ0) is 15.4. The van der Waals surface area contributed by atoms with E-state index in [4.69, 9.17) is 9.47 Å². The lowest BCUT2D eigenvalue weighted by molar-refractivity contribution is -0.121. The number of nitrogens with zero attached hydrogens (tertiary/aromatic N) is 1. The van der Waals surface area contributed by atoms with Gasteiger partial charge in [-0.3, -0.25) is 9.78 Å². The van der Waals surface area contributed by atoms with Crippen LogP contribution in [0.4, 0.5) is 0 Å². The number of benzene rings is 1. The molecule has 1 aromatic heterocycles. The molecule has 5 nitrogen and oxygen atoms in total. The summed E-state index contributed by atoms with van der Waals surface area (Å²) in [4.78, 5) is 16.1. The number of rotatable bonds is 4. The Morgan fingerprint density at radius 2 is 1.91 bits per heavy atom. The molecule has 1 aliphatic rings. The normalized spacial score (nSPS) is 14.2. The molecule has 5 heteroatoms. The van der Waals surface area contributed by atoms with Crippen molar-refractivity contribution in [2.75, 3.05) is 13.2 Å². The molecule has 0 bridgehead atoms. The lowest BCUT2D eigenvalue weighted by Gasteiger charge is -2.19. The average Bonchev–Trinajstić information content (AvgIpc) is 2.55. The van der Waals surface area contributed by atoms with Crippen LogP contribution < -0.4 is 14.8 Å². The Morgan fingerprint density at radius 3 is 2.68 bits per heavy atom. The summed E-state index contributed by atoms with van der Waals surface area (Å²) in [6.07, 6.45) is 3.75. The Morgan fingerprint density at radius 1 is 1.18 bits per heavy atom. The lowest BCUT2D eigenvalue weighted by Crippen LogP contribution is -2.28. The van der Waals surface area contributed by atoms with E-state index in [-0.39, 0.29) is 11.9 Å². The highest BCUT2D eigenvalue weighted by Gasteiger charge is 2.14. The molecule has 0 saturated heterocycles. The van der Waals surface area contributed by atoms with E-state index >= 15 is 0 Å². The Kier molecular flexibility index (Phi) is 4.23. The molecule has 22 heavy (non-hydrogen) atoms. The van der Waals surface area contributed by atoms with Gasteiger partial charge in [0.1, 0.15) is 13.2 Å². The Hall–Kier alpha value is -2.56. The van der Waals surface area contributed by atoms with E-state index in [1.165, 1.54) is 0 Å². The van der Waals surface area contributed by atoms with Gasteiger partial charge in [0.15, 0.2) is 11.5 Å². The van der Waals surface area contributed by atoms with E-state index in [0.717, 1.165) is 16.9 Å². The van der Waals surface area contributed by atoms with Gasteiger partial charge in [-0.2, -0.15) is 0 Å². The molecule has 1 aromatic carbocycles. The number of amides is 1. The van der Waals surface area contributed by atoms with E-state index in [2.05, 4.69) is 10.3 Å². The minimum atomic E-state index is -0.0484. The summed E-state index contributed by atoms with van der Waals surface area (Å²) < 4.78 is 11.0. The van der Waals surface area contributed by atoms with Gasteiger partial charge >= 0.3 is 0 Å². The van der Waals surface area contributed by atoms with Gasteiger partial charge in [-0.1, -0.05) is 6.07 Å². The van der Waals surface area contributed by atoms with Gasteiger partial charge < -0.3 is 14.8 Å². The summed E-state index contributed by atoms with van der Waals surface area (Å²) in [6, 6.07) is 9.36. The summed E-state index contributed by atoms with van der Waals surface area (Å²) in [5.74, 6) is 1.42. The molecule has 1 atom stereocenters. The molecule has 1 N–H and O–H groups in total. The number of fused-ring (bicyclic) bond motifs is 1. The number of carbonyl (C=O) groups excluding carboxylic acids is 1. The van der Waals surface area contributed by atoms with Gasteiger partial charge in [0.05, 0.1) is 12.5 Å². The third kappa shape index (κ3) is 3.36. The van der Waals surface area contributed by atoms with Crippen LogP contribution >= 0.6 is 0 Å². The number of hydrogen-bond donors (Lipinski definition) is 1. The van der Waals surface area contributed by atoms with Crippen LogP contribution in [-0.2, 0) is 11.2 Å². The predicted octanol–water partition coefficient (Wildman–Crippen LogP) is 2.27. The highest BCUT2D eigenvalue weighted by molar-refractivity contribution is 5.79. The van der Waals surface area contributed by atoms with Crippen molar-refractivity contribution in [2.24, 2.45) is 0 Å². The average molecular weight is 298 g/mol. The first-order chi connectivity index (χ1) is 10.7. The summed E-state index contributed by atoms with van der Waals surface area (Å²) in [6.45, 7) is 3.06. The summed E-state index contributed by atoms with van der Waals surface area (Å²) in [7, 11) is 0.